The molecule has 1 aromatic carbocycles. The first-order valence-electron chi connectivity index (χ1n) is 6.14. The summed E-state index contributed by atoms with van der Waals surface area (Å²) in [7, 11) is 0. The molecule has 1 N–H and O–H groups in total. The van der Waals surface area contributed by atoms with Crippen LogP contribution in [-0.4, -0.2) is 6.54 Å². The molecule has 0 bridgehead atoms. The van der Waals surface area contributed by atoms with E-state index in [-0.39, 0.29) is 0 Å². The lowest BCUT2D eigenvalue weighted by Crippen LogP contribution is -2.24. The molecule has 0 aliphatic heterocycles. The highest BCUT2D eigenvalue weighted by atomic mass is 14.9. The van der Waals surface area contributed by atoms with Gasteiger partial charge in [-0.1, -0.05) is 44.5 Å². The van der Waals surface area contributed by atoms with Crippen LogP contribution in [0.2, 0.25) is 0 Å². The van der Waals surface area contributed by atoms with Crippen molar-refractivity contribution in [3.05, 3.63) is 35.4 Å². The largest absolute Gasteiger partial charge is 0.310 e. The lowest BCUT2D eigenvalue weighted by atomic mass is 10.0. The van der Waals surface area contributed by atoms with Crippen LogP contribution in [0.25, 0.3) is 0 Å². The van der Waals surface area contributed by atoms with Gasteiger partial charge in [-0.15, -0.1) is 0 Å². The molecule has 2 unspecified atom stereocenters. The highest BCUT2D eigenvalue weighted by Crippen LogP contribution is 2.35. The molecule has 1 nitrogen and oxygen atoms in total. The van der Waals surface area contributed by atoms with Crippen LogP contribution in [0.5, 0.6) is 0 Å². The van der Waals surface area contributed by atoms with E-state index >= 15 is 0 Å². The van der Waals surface area contributed by atoms with Crippen molar-refractivity contribution in [1.82, 2.24) is 5.32 Å². The molecule has 0 saturated heterocycles. The van der Waals surface area contributed by atoms with Gasteiger partial charge in [0.25, 0.3) is 0 Å². The van der Waals surface area contributed by atoms with Gasteiger partial charge in [-0.25, -0.2) is 0 Å². The topological polar surface area (TPSA) is 12.0 Å². The zero-order valence-electron chi connectivity index (χ0n) is 9.79. The molecule has 82 valence electrons. The van der Waals surface area contributed by atoms with Gasteiger partial charge in [0.15, 0.2) is 0 Å². The summed E-state index contributed by atoms with van der Waals surface area (Å²) in [4.78, 5) is 0. The second-order valence-electron chi connectivity index (χ2n) is 4.67. The monoisotopic (exact) mass is 203 g/mol. The minimum Gasteiger partial charge on any atom is -0.310 e. The Kier molecular flexibility index (Phi) is 3.42. The van der Waals surface area contributed by atoms with Crippen LogP contribution >= 0.6 is 0 Å². The summed E-state index contributed by atoms with van der Waals surface area (Å²) in [5.74, 6) is 0.749. The highest BCUT2D eigenvalue weighted by molar-refractivity contribution is 5.35. The molecular weight excluding hydrogens is 182 g/mol. The van der Waals surface area contributed by atoms with Crippen LogP contribution < -0.4 is 5.32 Å². The summed E-state index contributed by atoms with van der Waals surface area (Å²) in [6.07, 6.45) is 3.79. The summed E-state index contributed by atoms with van der Waals surface area (Å²) in [5.41, 5.74) is 3.07. The standard InChI is InChI=1S/C14H21N/c1-3-4-9-15-14-11(2)10-12-7-5-6-8-13(12)14/h5-8,11,14-15H,3-4,9-10H2,1-2H3. The summed E-state index contributed by atoms with van der Waals surface area (Å²) >= 11 is 0. The van der Waals surface area contributed by atoms with Crippen molar-refractivity contribution >= 4 is 0 Å². The minimum atomic E-state index is 0.591. The number of benzene rings is 1. The Bertz CT molecular complexity index is 319. The predicted octanol–water partition coefficient (Wildman–Crippen LogP) is 3.31. The molecular formula is C14H21N. The summed E-state index contributed by atoms with van der Waals surface area (Å²) in [5, 5.41) is 3.69. The molecule has 2 rings (SSSR count). The molecule has 0 spiro atoms. The third kappa shape index (κ3) is 2.23. The van der Waals surface area contributed by atoms with E-state index in [1.807, 2.05) is 0 Å². The third-order valence-electron chi connectivity index (χ3n) is 3.40. The molecule has 1 aromatic rings. The maximum atomic E-state index is 3.69. The Morgan fingerprint density at radius 1 is 1.33 bits per heavy atom. The number of nitrogens with one attached hydrogen (secondary N) is 1. The fraction of sp³-hybridized carbons (Fsp3) is 0.571. The quantitative estimate of drug-likeness (QED) is 0.740. The smallest absolute Gasteiger partial charge is 0.0351 e. The lowest BCUT2D eigenvalue weighted by Gasteiger charge is -2.18. The van der Waals surface area contributed by atoms with Gasteiger partial charge in [-0.3, -0.25) is 0 Å². The summed E-state index contributed by atoms with van der Waals surface area (Å²) in [6.45, 7) is 5.75. The number of hydrogen-bond acceptors (Lipinski definition) is 1. The molecule has 1 heteroatoms. The minimum absolute atomic E-state index is 0.591. The molecule has 1 aliphatic carbocycles. The van der Waals surface area contributed by atoms with Gasteiger partial charge < -0.3 is 5.32 Å². The number of hydrogen-bond donors (Lipinski definition) is 1. The van der Waals surface area contributed by atoms with Crippen LogP contribution in [-0.2, 0) is 6.42 Å². The van der Waals surface area contributed by atoms with Crippen molar-refractivity contribution in [3.8, 4) is 0 Å². The van der Waals surface area contributed by atoms with E-state index in [0.29, 0.717) is 6.04 Å². The Labute approximate surface area is 92.9 Å². The molecule has 0 fully saturated rings. The second kappa shape index (κ2) is 4.80. The van der Waals surface area contributed by atoms with Gasteiger partial charge in [0.1, 0.15) is 0 Å². The van der Waals surface area contributed by atoms with Gasteiger partial charge in [0.05, 0.1) is 0 Å². The number of fused-ring (bicyclic) bond motifs is 1. The molecule has 0 radical (unpaired) electrons. The van der Waals surface area contributed by atoms with Gasteiger partial charge in [-0.2, -0.15) is 0 Å². The first-order chi connectivity index (χ1) is 7.33. The zero-order chi connectivity index (χ0) is 10.7. The maximum Gasteiger partial charge on any atom is 0.0351 e. The summed E-state index contributed by atoms with van der Waals surface area (Å²) in [6, 6.07) is 9.45. The van der Waals surface area contributed by atoms with Crippen molar-refractivity contribution in [3.63, 3.8) is 0 Å². The van der Waals surface area contributed by atoms with E-state index in [1.165, 1.54) is 24.8 Å². The van der Waals surface area contributed by atoms with E-state index in [1.54, 1.807) is 5.56 Å². The average molecular weight is 203 g/mol. The van der Waals surface area contributed by atoms with E-state index in [4.69, 9.17) is 0 Å². The van der Waals surface area contributed by atoms with Crippen LogP contribution in [0.15, 0.2) is 24.3 Å². The molecule has 1 aliphatic rings. The third-order valence-corrected chi connectivity index (χ3v) is 3.40. The number of unbranched alkanes of at least 4 members (excludes halogenated alkanes) is 1. The highest BCUT2D eigenvalue weighted by Gasteiger charge is 2.27. The van der Waals surface area contributed by atoms with E-state index in [9.17, 15) is 0 Å². The van der Waals surface area contributed by atoms with E-state index < -0.39 is 0 Å². The Morgan fingerprint density at radius 3 is 2.93 bits per heavy atom. The van der Waals surface area contributed by atoms with E-state index in [2.05, 4.69) is 43.4 Å². The Morgan fingerprint density at radius 2 is 2.13 bits per heavy atom. The molecule has 2 atom stereocenters. The van der Waals surface area contributed by atoms with Gasteiger partial charge in [0.2, 0.25) is 0 Å². The first-order valence-corrected chi connectivity index (χ1v) is 6.14. The molecule has 0 saturated carbocycles. The van der Waals surface area contributed by atoms with Crippen molar-refractivity contribution in [2.75, 3.05) is 6.54 Å². The summed E-state index contributed by atoms with van der Waals surface area (Å²) < 4.78 is 0. The van der Waals surface area contributed by atoms with Crippen LogP contribution in [0.1, 0.15) is 43.9 Å². The second-order valence-corrected chi connectivity index (χ2v) is 4.67. The van der Waals surface area contributed by atoms with Crippen molar-refractivity contribution < 1.29 is 0 Å². The van der Waals surface area contributed by atoms with Gasteiger partial charge in [-0.05, 0) is 36.4 Å². The van der Waals surface area contributed by atoms with Crippen molar-refractivity contribution in [2.24, 2.45) is 5.92 Å². The van der Waals surface area contributed by atoms with Crippen LogP contribution in [0, 0.1) is 5.92 Å². The molecule has 0 aromatic heterocycles. The van der Waals surface area contributed by atoms with Crippen molar-refractivity contribution in [1.29, 1.82) is 0 Å². The first kappa shape index (κ1) is 10.7. The normalized spacial score (nSPS) is 24.1. The van der Waals surface area contributed by atoms with Gasteiger partial charge in [0, 0.05) is 6.04 Å². The van der Waals surface area contributed by atoms with Crippen LogP contribution in [0.4, 0.5) is 0 Å². The zero-order valence-corrected chi connectivity index (χ0v) is 9.79. The SMILES string of the molecule is CCCCNC1c2ccccc2CC1C. The maximum absolute atomic E-state index is 3.69. The Balaban J connectivity index is 2.05. The van der Waals surface area contributed by atoms with Crippen LogP contribution in [0.3, 0.4) is 0 Å². The molecule has 0 heterocycles. The predicted molar refractivity (Wildman–Crippen MR) is 65.0 cm³/mol. The number of rotatable bonds is 4. The fourth-order valence-electron chi connectivity index (χ4n) is 2.54. The van der Waals surface area contributed by atoms with Gasteiger partial charge >= 0.3 is 0 Å². The molecule has 0 amide bonds. The fourth-order valence-corrected chi connectivity index (χ4v) is 2.54. The van der Waals surface area contributed by atoms with E-state index in [0.717, 1.165) is 12.5 Å². The molecule has 15 heavy (non-hydrogen) atoms. The van der Waals surface area contributed by atoms with Crippen molar-refractivity contribution in [2.45, 2.75) is 39.2 Å². The lowest BCUT2D eigenvalue weighted by molar-refractivity contribution is 0.413. The average Bonchev–Trinajstić information content (AvgIpc) is 2.56. The Hall–Kier alpha value is -0.820.